The van der Waals surface area contributed by atoms with Crippen LogP contribution < -0.4 is 15.4 Å². The van der Waals surface area contributed by atoms with E-state index in [2.05, 4.69) is 15.6 Å². The Kier molecular flexibility index (Phi) is 5.52. The number of aromatic amines is 1. The fourth-order valence-corrected chi connectivity index (χ4v) is 3.14. The van der Waals surface area contributed by atoms with E-state index in [4.69, 9.17) is 9.15 Å². The van der Waals surface area contributed by atoms with Crippen LogP contribution in [0.1, 0.15) is 32.2 Å². The third kappa shape index (κ3) is 4.35. The van der Waals surface area contributed by atoms with Crippen molar-refractivity contribution in [3.05, 3.63) is 89.5 Å². The molecule has 0 aliphatic heterocycles. The Balaban J connectivity index is 1.38. The summed E-state index contributed by atoms with van der Waals surface area (Å²) in [5.41, 5.74) is 2.64. The first-order valence-corrected chi connectivity index (χ1v) is 9.47. The lowest BCUT2D eigenvalue weighted by molar-refractivity contribution is 0.0941. The first-order chi connectivity index (χ1) is 14.6. The van der Waals surface area contributed by atoms with Gasteiger partial charge in [0, 0.05) is 29.1 Å². The van der Waals surface area contributed by atoms with Gasteiger partial charge in [-0.05, 0) is 48.0 Å². The molecule has 0 saturated carbocycles. The summed E-state index contributed by atoms with van der Waals surface area (Å²) in [6, 6.07) is 18.1. The predicted octanol–water partition coefficient (Wildman–Crippen LogP) is 3.63. The third-order valence-electron chi connectivity index (χ3n) is 4.72. The molecule has 7 heteroatoms. The van der Waals surface area contributed by atoms with Gasteiger partial charge < -0.3 is 24.8 Å². The van der Waals surface area contributed by atoms with Gasteiger partial charge in [-0.1, -0.05) is 12.1 Å². The summed E-state index contributed by atoms with van der Waals surface area (Å²) in [7, 11) is 1.60. The zero-order chi connectivity index (χ0) is 20.9. The minimum atomic E-state index is -0.224. The molecule has 4 aromatic rings. The van der Waals surface area contributed by atoms with Crippen molar-refractivity contribution in [1.29, 1.82) is 0 Å². The van der Waals surface area contributed by atoms with Crippen LogP contribution in [0.25, 0.3) is 10.9 Å². The molecule has 2 aromatic carbocycles. The Bertz CT molecular complexity index is 1180. The smallest absolute Gasteiger partial charge is 0.267 e. The molecule has 0 saturated heterocycles. The van der Waals surface area contributed by atoms with E-state index in [0.717, 1.165) is 22.2 Å². The number of rotatable bonds is 7. The number of carbonyl (C=O) groups is 2. The van der Waals surface area contributed by atoms with Gasteiger partial charge in [0.1, 0.15) is 17.2 Å². The normalized spacial score (nSPS) is 10.7. The Hall–Kier alpha value is -4.00. The van der Waals surface area contributed by atoms with Crippen molar-refractivity contribution in [3.8, 4) is 5.75 Å². The zero-order valence-corrected chi connectivity index (χ0v) is 16.4. The summed E-state index contributed by atoms with van der Waals surface area (Å²) >= 11 is 0. The molecule has 152 valence electrons. The lowest BCUT2D eigenvalue weighted by atomic mass is 10.1. The van der Waals surface area contributed by atoms with Crippen molar-refractivity contribution in [2.24, 2.45) is 0 Å². The fraction of sp³-hybridized carbons (Fsp3) is 0.130. The van der Waals surface area contributed by atoms with Crippen LogP contribution in [0.3, 0.4) is 0 Å². The van der Waals surface area contributed by atoms with E-state index < -0.39 is 0 Å². The van der Waals surface area contributed by atoms with Crippen LogP contribution in [0.4, 0.5) is 0 Å². The van der Waals surface area contributed by atoms with E-state index in [0.29, 0.717) is 30.1 Å². The fourth-order valence-electron chi connectivity index (χ4n) is 3.14. The van der Waals surface area contributed by atoms with Gasteiger partial charge >= 0.3 is 0 Å². The van der Waals surface area contributed by atoms with Gasteiger partial charge in [-0.3, -0.25) is 9.59 Å². The lowest BCUT2D eigenvalue weighted by Crippen LogP contribution is -2.24. The monoisotopic (exact) mass is 403 g/mol. The topological polar surface area (TPSA) is 96.4 Å². The number of aromatic nitrogens is 1. The SMILES string of the molecule is COc1ccc2cc(C(=O)NCc3cccc(C(=O)NCc4ccco4)c3)[nH]c2c1. The molecule has 0 radical (unpaired) electrons. The molecule has 3 N–H and O–H groups in total. The summed E-state index contributed by atoms with van der Waals surface area (Å²) in [6.45, 7) is 0.620. The highest BCUT2D eigenvalue weighted by atomic mass is 16.5. The molecule has 7 nitrogen and oxygen atoms in total. The molecule has 30 heavy (non-hydrogen) atoms. The molecular formula is C23H21N3O4. The van der Waals surface area contributed by atoms with E-state index in [1.165, 1.54) is 0 Å². The number of H-pyrrole nitrogens is 1. The first-order valence-electron chi connectivity index (χ1n) is 9.47. The minimum absolute atomic E-state index is 0.204. The van der Waals surface area contributed by atoms with Crippen LogP contribution in [-0.2, 0) is 13.1 Å². The second-order valence-electron chi connectivity index (χ2n) is 6.78. The summed E-state index contributed by atoms with van der Waals surface area (Å²) < 4.78 is 10.4. The number of hydrogen-bond donors (Lipinski definition) is 3. The predicted molar refractivity (Wildman–Crippen MR) is 112 cm³/mol. The molecule has 4 rings (SSSR count). The number of methoxy groups -OCH3 is 1. The molecule has 2 heterocycles. The van der Waals surface area contributed by atoms with Crippen LogP contribution in [0.15, 0.2) is 71.3 Å². The molecular weight excluding hydrogens is 382 g/mol. The van der Waals surface area contributed by atoms with E-state index in [1.807, 2.05) is 24.3 Å². The van der Waals surface area contributed by atoms with Crippen LogP contribution >= 0.6 is 0 Å². The maximum atomic E-state index is 12.5. The second-order valence-corrected chi connectivity index (χ2v) is 6.78. The van der Waals surface area contributed by atoms with Crippen LogP contribution in [0.5, 0.6) is 5.75 Å². The average molecular weight is 403 g/mol. The third-order valence-corrected chi connectivity index (χ3v) is 4.72. The van der Waals surface area contributed by atoms with Crippen molar-refractivity contribution >= 4 is 22.7 Å². The number of ether oxygens (including phenoxy) is 1. The highest BCUT2D eigenvalue weighted by Gasteiger charge is 2.11. The summed E-state index contributed by atoms with van der Waals surface area (Å²) in [5, 5.41) is 6.61. The highest BCUT2D eigenvalue weighted by Crippen LogP contribution is 2.21. The van der Waals surface area contributed by atoms with Crippen LogP contribution in [0.2, 0.25) is 0 Å². The minimum Gasteiger partial charge on any atom is -0.497 e. The van der Waals surface area contributed by atoms with Crippen molar-refractivity contribution < 1.29 is 18.7 Å². The van der Waals surface area contributed by atoms with Gasteiger partial charge in [0.25, 0.3) is 11.8 Å². The van der Waals surface area contributed by atoms with E-state index in [-0.39, 0.29) is 11.8 Å². The second kappa shape index (κ2) is 8.57. The largest absolute Gasteiger partial charge is 0.497 e. The van der Waals surface area contributed by atoms with Gasteiger partial charge in [-0.2, -0.15) is 0 Å². The number of amides is 2. The Labute approximate surface area is 173 Å². The quantitative estimate of drug-likeness (QED) is 0.439. The van der Waals surface area contributed by atoms with Gasteiger partial charge in [0.05, 0.1) is 19.9 Å². The Morgan fingerprint density at radius 3 is 2.63 bits per heavy atom. The standard InChI is InChI=1S/C23H21N3O4/c1-29-18-8-7-16-11-21(26-20(16)12-18)23(28)24-13-15-4-2-5-17(10-15)22(27)25-14-19-6-3-9-30-19/h2-12,26H,13-14H2,1H3,(H,24,28)(H,25,27). The van der Waals surface area contributed by atoms with Crippen molar-refractivity contribution in [1.82, 2.24) is 15.6 Å². The van der Waals surface area contributed by atoms with E-state index in [9.17, 15) is 9.59 Å². The number of carbonyl (C=O) groups excluding carboxylic acids is 2. The van der Waals surface area contributed by atoms with Crippen molar-refractivity contribution in [3.63, 3.8) is 0 Å². The first kappa shape index (κ1) is 19.3. The van der Waals surface area contributed by atoms with E-state index >= 15 is 0 Å². The molecule has 2 amide bonds. The molecule has 0 aliphatic carbocycles. The number of fused-ring (bicyclic) bond motifs is 1. The Morgan fingerprint density at radius 1 is 0.967 bits per heavy atom. The lowest BCUT2D eigenvalue weighted by Gasteiger charge is -2.07. The van der Waals surface area contributed by atoms with Crippen molar-refractivity contribution in [2.75, 3.05) is 7.11 Å². The van der Waals surface area contributed by atoms with Gasteiger partial charge in [-0.25, -0.2) is 0 Å². The molecule has 0 aliphatic rings. The van der Waals surface area contributed by atoms with E-state index in [1.54, 1.807) is 49.8 Å². The maximum Gasteiger partial charge on any atom is 0.267 e. The highest BCUT2D eigenvalue weighted by molar-refractivity contribution is 5.98. The van der Waals surface area contributed by atoms with Crippen LogP contribution in [0, 0.1) is 0 Å². The number of hydrogen-bond acceptors (Lipinski definition) is 4. The summed E-state index contributed by atoms with van der Waals surface area (Å²) in [5.74, 6) is 0.975. The molecule has 0 atom stereocenters. The van der Waals surface area contributed by atoms with Crippen molar-refractivity contribution in [2.45, 2.75) is 13.1 Å². The van der Waals surface area contributed by atoms with Gasteiger partial charge in [-0.15, -0.1) is 0 Å². The summed E-state index contributed by atoms with van der Waals surface area (Å²) in [4.78, 5) is 28.0. The van der Waals surface area contributed by atoms with Gasteiger partial charge in [0.15, 0.2) is 0 Å². The number of nitrogens with one attached hydrogen (secondary N) is 3. The molecule has 0 spiro atoms. The summed E-state index contributed by atoms with van der Waals surface area (Å²) in [6.07, 6.45) is 1.56. The molecule has 0 bridgehead atoms. The van der Waals surface area contributed by atoms with Crippen LogP contribution in [-0.4, -0.2) is 23.9 Å². The average Bonchev–Trinajstić information content (AvgIpc) is 3.45. The molecule has 2 aromatic heterocycles. The Morgan fingerprint density at radius 2 is 1.83 bits per heavy atom. The maximum absolute atomic E-state index is 12.5. The molecule has 0 fully saturated rings. The number of benzene rings is 2. The zero-order valence-electron chi connectivity index (χ0n) is 16.4. The molecule has 0 unspecified atom stereocenters. The van der Waals surface area contributed by atoms with Gasteiger partial charge in [0.2, 0.25) is 0 Å². The number of furan rings is 1.